The minimum atomic E-state index is -1.41. The van der Waals surface area contributed by atoms with Gasteiger partial charge in [0.15, 0.2) is 0 Å². The number of para-hydroxylation sites is 1. The fourth-order valence-corrected chi connectivity index (χ4v) is 1.67. The number of carboxylic acid groups (broad SMARTS) is 1. The number of aromatic carboxylic acids is 1. The lowest BCUT2D eigenvalue weighted by molar-refractivity contribution is -0.255. The summed E-state index contributed by atoms with van der Waals surface area (Å²) in [5.41, 5.74) is -0.788. The monoisotopic (exact) mass is 283 g/mol. The van der Waals surface area contributed by atoms with Crippen molar-refractivity contribution in [3.05, 3.63) is 56.4 Å². The maximum absolute atomic E-state index is 11.8. The van der Waals surface area contributed by atoms with Crippen LogP contribution in [0.25, 0.3) is 5.69 Å². The van der Waals surface area contributed by atoms with Gasteiger partial charge in [0, 0.05) is 5.56 Å². The summed E-state index contributed by atoms with van der Waals surface area (Å²) in [6, 6.07) is 5.81. The minimum Gasteiger partial charge on any atom is -0.545 e. The van der Waals surface area contributed by atoms with Gasteiger partial charge >= 0.3 is 0 Å². The molecule has 0 aliphatic rings. The predicted molar refractivity (Wildman–Crippen MR) is 64.2 cm³/mol. The molecule has 2 rings (SSSR count). The molecule has 1 heterocycles. The summed E-state index contributed by atoms with van der Waals surface area (Å²) in [6.45, 7) is 0. The van der Waals surface area contributed by atoms with Crippen molar-refractivity contribution in [1.29, 1.82) is 0 Å². The lowest BCUT2D eigenvalue weighted by Crippen LogP contribution is -2.28. The van der Waals surface area contributed by atoms with Crippen LogP contribution in [0.1, 0.15) is 10.4 Å². The zero-order valence-electron chi connectivity index (χ0n) is 8.76. The number of halogens is 2. The average Bonchev–Trinajstić information content (AvgIpc) is 2.36. The van der Waals surface area contributed by atoms with E-state index in [2.05, 4.69) is 5.10 Å². The highest BCUT2D eigenvalue weighted by molar-refractivity contribution is 6.41. The molecule has 0 atom stereocenters. The van der Waals surface area contributed by atoms with Crippen molar-refractivity contribution in [1.82, 2.24) is 9.78 Å². The molecule has 7 heteroatoms. The van der Waals surface area contributed by atoms with Crippen LogP contribution in [-0.2, 0) is 0 Å². The molecule has 0 saturated heterocycles. The SMILES string of the molecule is O=C([O-])c1ccccc1-n1ncc(Cl)c(Cl)c1=O. The molecule has 0 amide bonds. The Hall–Kier alpha value is -1.85. The summed E-state index contributed by atoms with van der Waals surface area (Å²) in [4.78, 5) is 22.8. The molecular formula is C11H5Cl2N2O3-. The summed E-state index contributed by atoms with van der Waals surface area (Å²) in [7, 11) is 0. The third-order valence-electron chi connectivity index (χ3n) is 2.23. The molecule has 5 nitrogen and oxygen atoms in total. The molecule has 18 heavy (non-hydrogen) atoms. The number of carboxylic acids is 1. The highest BCUT2D eigenvalue weighted by Gasteiger charge is 2.12. The summed E-state index contributed by atoms with van der Waals surface area (Å²) >= 11 is 11.3. The van der Waals surface area contributed by atoms with Crippen molar-refractivity contribution < 1.29 is 9.90 Å². The fourth-order valence-electron chi connectivity index (χ4n) is 1.42. The smallest absolute Gasteiger partial charge is 0.291 e. The van der Waals surface area contributed by atoms with Crippen LogP contribution in [0.3, 0.4) is 0 Å². The molecule has 0 aliphatic carbocycles. The normalized spacial score (nSPS) is 10.3. The molecule has 0 spiro atoms. The summed E-state index contributed by atoms with van der Waals surface area (Å²) in [6.07, 6.45) is 1.16. The Morgan fingerprint density at radius 2 is 1.94 bits per heavy atom. The molecule has 0 bridgehead atoms. The Morgan fingerprint density at radius 1 is 1.28 bits per heavy atom. The molecule has 1 aromatic carbocycles. The zero-order chi connectivity index (χ0) is 13.3. The van der Waals surface area contributed by atoms with Gasteiger partial charge in [0.2, 0.25) is 0 Å². The minimum absolute atomic E-state index is 0.00356. The largest absolute Gasteiger partial charge is 0.545 e. The maximum atomic E-state index is 11.8. The Kier molecular flexibility index (Phi) is 3.36. The molecule has 0 saturated carbocycles. The van der Waals surface area contributed by atoms with Crippen LogP contribution < -0.4 is 10.7 Å². The van der Waals surface area contributed by atoms with Crippen LogP contribution in [0.5, 0.6) is 0 Å². The summed E-state index contributed by atoms with van der Waals surface area (Å²) < 4.78 is 0.860. The Balaban J connectivity index is 2.75. The van der Waals surface area contributed by atoms with Gasteiger partial charge < -0.3 is 9.90 Å². The third-order valence-corrected chi connectivity index (χ3v) is 2.98. The van der Waals surface area contributed by atoms with Crippen LogP contribution in [0.15, 0.2) is 35.3 Å². The maximum Gasteiger partial charge on any atom is 0.291 e. The Morgan fingerprint density at radius 3 is 2.61 bits per heavy atom. The van der Waals surface area contributed by atoms with E-state index < -0.39 is 11.5 Å². The summed E-state index contributed by atoms with van der Waals surface area (Å²) in [5, 5.41) is 14.5. The number of nitrogens with zero attached hydrogens (tertiary/aromatic N) is 2. The highest BCUT2D eigenvalue weighted by Crippen LogP contribution is 2.17. The van der Waals surface area contributed by atoms with E-state index in [1.165, 1.54) is 18.2 Å². The van der Waals surface area contributed by atoms with E-state index in [4.69, 9.17) is 23.2 Å². The van der Waals surface area contributed by atoms with Crippen molar-refractivity contribution in [2.45, 2.75) is 0 Å². The first kappa shape index (κ1) is 12.6. The average molecular weight is 284 g/mol. The van der Waals surface area contributed by atoms with Gasteiger partial charge in [0.05, 0.1) is 22.9 Å². The molecule has 1 aromatic heterocycles. The number of aromatic nitrogens is 2. The van der Waals surface area contributed by atoms with E-state index in [-0.39, 0.29) is 21.3 Å². The molecule has 0 fully saturated rings. The number of carbonyl (C=O) groups excluding carboxylic acids is 1. The first-order valence-electron chi connectivity index (χ1n) is 4.76. The van der Waals surface area contributed by atoms with E-state index >= 15 is 0 Å². The standard InChI is InChI=1S/C11H6Cl2N2O3/c12-7-5-14-15(10(16)9(7)13)8-4-2-1-3-6(8)11(17)18/h1-5H,(H,17,18)/p-1. The third kappa shape index (κ3) is 2.10. The molecule has 0 radical (unpaired) electrons. The van der Waals surface area contributed by atoms with E-state index in [9.17, 15) is 14.7 Å². The molecule has 0 N–H and O–H groups in total. The number of carbonyl (C=O) groups is 1. The number of hydrogen-bond donors (Lipinski definition) is 0. The van der Waals surface area contributed by atoms with Gasteiger partial charge in [-0.25, -0.2) is 0 Å². The number of rotatable bonds is 2. The first-order valence-corrected chi connectivity index (χ1v) is 5.52. The van der Waals surface area contributed by atoms with E-state index in [1.54, 1.807) is 6.07 Å². The highest BCUT2D eigenvalue weighted by atomic mass is 35.5. The first-order chi connectivity index (χ1) is 8.52. The van der Waals surface area contributed by atoms with E-state index in [1.807, 2.05) is 0 Å². The van der Waals surface area contributed by atoms with Crippen molar-refractivity contribution in [2.75, 3.05) is 0 Å². The van der Waals surface area contributed by atoms with E-state index in [0.717, 1.165) is 10.9 Å². The van der Waals surface area contributed by atoms with Crippen molar-refractivity contribution >= 4 is 29.2 Å². The van der Waals surface area contributed by atoms with Crippen LogP contribution in [0.4, 0.5) is 0 Å². The quantitative estimate of drug-likeness (QED) is 0.821. The van der Waals surface area contributed by atoms with Crippen LogP contribution in [0.2, 0.25) is 10.0 Å². The second kappa shape index (κ2) is 4.80. The fraction of sp³-hybridized carbons (Fsp3) is 0. The van der Waals surface area contributed by atoms with Gasteiger partial charge in [0.1, 0.15) is 5.02 Å². The lowest BCUT2D eigenvalue weighted by atomic mass is 10.2. The van der Waals surface area contributed by atoms with Gasteiger partial charge in [-0.05, 0) is 6.07 Å². The second-order valence-corrected chi connectivity index (χ2v) is 4.11. The van der Waals surface area contributed by atoms with Gasteiger partial charge in [-0.1, -0.05) is 41.4 Å². The van der Waals surface area contributed by atoms with E-state index in [0.29, 0.717) is 0 Å². The van der Waals surface area contributed by atoms with Gasteiger partial charge in [-0.3, -0.25) is 4.79 Å². The topological polar surface area (TPSA) is 75.0 Å². The number of benzene rings is 1. The van der Waals surface area contributed by atoms with Gasteiger partial charge in [0.25, 0.3) is 5.56 Å². The number of hydrogen-bond acceptors (Lipinski definition) is 4. The van der Waals surface area contributed by atoms with Crippen LogP contribution in [-0.4, -0.2) is 15.7 Å². The Labute approximate surface area is 111 Å². The molecule has 0 unspecified atom stereocenters. The molecule has 92 valence electrons. The molecule has 0 aliphatic heterocycles. The van der Waals surface area contributed by atoms with Gasteiger partial charge in [-0.2, -0.15) is 9.78 Å². The zero-order valence-corrected chi connectivity index (χ0v) is 10.3. The lowest BCUT2D eigenvalue weighted by Gasteiger charge is -2.11. The van der Waals surface area contributed by atoms with Gasteiger partial charge in [-0.15, -0.1) is 0 Å². The molecular weight excluding hydrogens is 279 g/mol. The second-order valence-electron chi connectivity index (χ2n) is 3.33. The van der Waals surface area contributed by atoms with Crippen molar-refractivity contribution in [3.63, 3.8) is 0 Å². The van der Waals surface area contributed by atoms with Crippen LogP contribution >= 0.6 is 23.2 Å². The van der Waals surface area contributed by atoms with Crippen molar-refractivity contribution in [3.8, 4) is 5.69 Å². The van der Waals surface area contributed by atoms with Crippen LogP contribution in [0, 0.1) is 0 Å². The predicted octanol–water partition coefficient (Wildman–Crippen LogP) is 0.903. The Bertz CT molecular complexity index is 682. The summed E-state index contributed by atoms with van der Waals surface area (Å²) in [5.74, 6) is -1.41. The molecule has 2 aromatic rings. The van der Waals surface area contributed by atoms with Crippen molar-refractivity contribution in [2.24, 2.45) is 0 Å².